The fourth-order valence-electron chi connectivity index (χ4n) is 4.13. The van der Waals surface area contributed by atoms with Gasteiger partial charge in [-0.15, -0.1) is 0 Å². The number of methoxy groups -OCH3 is 1. The zero-order valence-electron chi connectivity index (χ0n) is 16.9. The van der Waals surface area contributed by atoms with Crippen LogP contribution in [0.4, 0.5) is 13.2 Å². The fraction of sp³-hybridized carbons (Fsp3) is 0.0800. The van der Waals surface area contributed by atoms with Gasteiger partial charge in [-0.1, -0.05) is 30.3 Å². The van der Waals surface area contributed by atoms with E-state index in [0.717, 1.165) is 17.2 Å². The van der Waals surface area contributed by atoms with Crippen LogP contribution < -0.4 is 4.74 Å². The Hall–Kier alpha value is -4.00. The lowest BCUT2D eigenvalue weighted by atomic mass is 9.77. The molecule has 0 saturated carbocycles. The molecule has 1 atom stereocenters. The molecule has 0 fully saturated rings. The first-order valence-corrected chi connectivity index (χ1v) is 9.78. The van der Waals surface area contributed by atoms with Gasteiger partial charge in [0.1, 0.15) is 17.7 Å². The molecule has 0 saturated heterocycles. The van der Waals surface area contributed by atoms with Gasteiger partial charge in [0.15, 0.2) is 11.6 Å². The first-order valence-electron chi connectivity index (χ1n) is 9.78. The van der Waals surface area contributed by atoms with E-state index in [-0.39, 0.29) is 5.75 Å². The van der Waals surface area contributed by atoms with Gasteiger partial charge in [0.25, 0.3) is 0 Å². The minimum absolute atomic E-state index is 0.257. The second kappa shape index (κ2) is 7.60. The smallest absolute Gasteiger partial charge is 0.200 e. The molecule has 2 heterocycles. The van der Waals surface area contributed by atoms with Crippen molar-refractivity contribution in [2.75, 3.05) is 7.11 Å². The molecule has 5 rings (SSSR count). The van der Waals surface area contributed by atoms with E-state index in [1.807, 2.05) is 24.3 Å². The van der Waals surface area contributed by atoms with Crippen molar-refractivity contribution in [1.29, 1.82) is 0 Å². The molecule has 0 bridgehead atoms. The minimum atomic E-state index is -1.30. The molecule has 4 nitrogen and oxygen atoms in total. The zero-order valence-corrected chi connectivity index (χ0v) is 16.9. The normalized spacial score (nSPS) is 16.8. The highest BCUT2D eigenvalue weighted by atomic mass is 19.2. The fourth-order valence-corrected chi connectivity index (χ4v) is 4.13. The van der Waals surface area contributed by atoms with Gasteiger partial charge < -0.3 is 4.74 Å². The summed E-state index contributed by atoms with van der Waals surface area (Å²) in [6, 6.07) is 14.5. The Balaban J connectivity index is 1.81. The number of nitrogens with zero attached hydrogens (tertiary/aromatic N) is 3. The predicted octanol–water partition coefficient (Wildman–Crippen LogP) is 5.29. The van der Waals surface area contributed by atoms with Gasteiger partial charge in [-0.25, -0.2) is 18.7 Å². The number of benzene rings is 3. The number of fused-ring (bicyclic) bond motifs is 1. The summed E-state index contributed by atoms with van der Waals surface area (Å²) in [6.07, 6.45) is 6.20. The molecule has 0 spiro atoms. The summed E-state index contributed by atoms with van der Waals surface area (Å²) >= 11 is 0. The van der Waals surface area contributed by atoms with Crippen LogP contribution in [-0.2, 0) is 5.54 Å². The van der Waals surface area contributed by atoms with Crippen LogP contribution in [0.1, 0.15) is 22.3 Å². The number of aliphatic imine (C=N–C) groups is 1. The number of hydrogen-bond donors (Lipinski definition) is 0. The molecule has 3 aromatic carbocycles. The SMILES string of the molecule is COc1cc(C2(c3cccc(-c4cncnc4)c3)N=Cc3c(F)cccc32)cc(F)c1F. The third-order valence-electron chi connectivity index (χ3n) is 5.64. The van der Waals surface area contributed by atoms with Crippen molar-refractivity contribution in [1.82, 2.24) is 9.97 Å². The van der Waals surface area contributed by atoms with E-state index in [1.165, 1.54) is 31.8 Å². The van der Waals surface area contributed by atoms with E-state index < -0.39 is 23.0 Å². The van der Waals surface area contributed by atoms with E-state index in [2.05, 4.69) is 15.0 Å². The first-order chi connectivity index (χ1) is 15.5. The Kier molecular flexibility index (Phi) is 4.74. The summed E-state index contributed by atoms with van der Waals surface area (Å²) in [7, 11) is 1.26. The molecule has 1 aliphatic rings. The van der Waals surface area contributed by atoms with Gasteiger partial charge in [-0.05, 0) is 41.0 Å². The Morgan fingerprint density at radius 1 is 0.812 bits per heavy atom. The Labute approximate surface area is 182 Å². The van der Waals surface area contributed by atoms with Crippen molar-refractivity contribution in [3.63, 3.8) is 0 Å². The quantitative estimate of drug-likeness (QED) is 0.441. The van der Waals surface area contributed by atoms with E-state index in [4.69, 9.17) is 4.74 Å². The van der Waals surface area contributed by atoms with E-state index in [1.54, 1.807) is 24.5 Å². The average molecular weight is 431 g/mol. The second-order valence-electron chi connectivity index (χ2n) is 7.35. The molecule has 0 amide bonds. The summed E-state index contributed by atoms with van der Waals surface area (Å²) < 4.78 is 48.5. The second-order valence-corrected chi connectivity index (χ2v) is 7.35. The van der Waals surface area contributed by atoms with E-state index >= 15 is 0 Å². The molecule has 1 unspecified atom stereocenters. The Morgan fingerprint density at radius 2 is 1.59 bits per heavy atom. The summed E-state index contributed by atoms with van der Waals surface area (Å²) in [5.74, 6) is -2.88. The molecule has 0 aliphatic carbocycles. The van der Waals surface area contributed by atoms with Crippen LogP contribution in [-0.4, -0.2) is 23.3 Å². The summed E-state index contributed by atoms with van der Waals surface area (Å²) in [5.41, 5.74) is 2.05. The number of ether oxygens (including phenoxy) is 1. The van der Waals surface area contributed by atoms with E-state index in [0.29, 0.717) is 22.3 Å². The third kappa shape index (κ3) is 2.97. The molecule has 7 heteroatoms. The summed E-state index contributed by atoms with van der Waals surface area (Å²) in [5, 5.41) is 0. The van der Waals surface area contributed by atoms with Crippen molar-refractivity contribution in [3.05, 3.63) is 113 Å². The molecule has 0 radical (unpaired) electrons. The standard InChI is InChI=1S/C25H16F3N3O/c1-32-23-10-18(9-22(27)24(23)28)25(20-6-3-7-21(26)19(20)13-31-25)17-5-2-4-15(8-17)16-11-29-14-30-12-16/h2-14H,1H3. The lowest BCUT2D eigenvalue weighted by molar-refractivity contribution is 0.369. The maximum Gasteiger partial charge on any atom is 0.200 e. The topological polar surface area (TPSA) is 47.4 Å². The van der Waals surface area contributed by atoms with Crippen molar-refractivity contribution in [2.45, 2.75) is 5.54 Å². The van der Waals surface area contributed by atoms with Crippen molar-refractivity contribution < 1.29 is 17.9 Å². The van der Waals surface area contributed by atoms with Crippen LogP contribution in [0.25, 0.3) is 11.1 Å². The molecule has 4 aromatic rings. The van der Waals surface area contributed by atoms with Crippen molar-refractivity contribution in [3.8, 4) is 16.9 Å². The monoisotopic (exact) mass is 431 g/mol. The van der Waals surface area contributed by atoms with Crippen LogP contribution >= 0.6 is 0 Å². The van der Waals surface area contributed by atoms with Gasteiger partial charge in [-0.3, -0.25) is 4.99 Å². The number of rotatable bonds is 4. The van der Waals surface area contributed by atoms with Crippen LogP contribution in [0, 0.1) is 17.5 Å². The minimum Gasteiger partial charge on any atom is -0.494 e. The lowest BCUT2D eigenvalue weighted by Crippen LogP contribution is -2.26. The molecule has 0 N–H and O–H groups in total. The highest BCUT2D eigenvalue weighted by molar-refractivity contribution is 5.89. The van der Waals surface area contributed by atoms with Gasteiger partial charge in [-0.2, -0.15) is 4.39 Å². The summed E-state index contributed by atoms with van der Waals surface area (Å²) in [6.45, 7) is 0. The van der Waals surface area contributed by atoms with Gasteiger partial charge in [0.05, 0.1) is 7.11 Å². The average Bonchev–Trinajstić information content (AvgIpc) is 3.23. The van der Waals surface area contributed by atoms with Crippen molar-refractivity contribution in [2.24, 2.45) is 4.99 Å². The number of halogens is 3. The zero-order chi connectivity index (χ0) is 22.3. The van der Waals surface area contributed by atoms with Crippen molar-refractivity contribution >= 4 is 6.21 Å². The maximum absolute atomic E-state index is 14.6. The van der Waals surface area contributed by atoms with Crippen LogP contribution in [0.15, 0.2) is 78.3 Å². The molecular formula is C25H16F3N3O. The predicted molar refractivity (Wildman–Crippen MR) is 114 cm³/mol. The largest absolute Gasteiger partial charge is 0.494 e. The first kappa shape index (κ1) is 19.9. The van der Waals surface area contributed by atoms with Crippen LogP contribution in [0.3, 0.4) is 0 Å². The maximum atomic E-state index is 14.6. The molecule has 32 heavy (non-hydrogen) atoms. The number of aromatic nitrogens is 2. The van der Waals surface area contributed by atoms with Gasteiger partial charge in [0.2, 0.25) is 5.82 Å². The van der Waals surface area contributed by atoms with Gasteiger partial charge >= 0.3 is 0 Å². The van der Waals surface area contributed by atoms with E-state index in [9.17, 15) is 13.2 Å². The van der Waals surface area contributed by atoms with Crippen LogP contribution in [0.5, 0.6) is 5.75 Å². The molecule has 158 valence electrons. The van der Waals surface area contributed by atoms with Gasteiger partial charge in [0, 0.05) is 35.3 Å². The lowest BCUT2D eigenvalue weighted by Gasteiger charge is -2.30. The Morgan fingerprint density at radius 3 is 2.38 bits per heavy atom. The molecule has 1 aliphatic heterocycles. The van der Waals surface area contributed by atoms with Crippen LogP contribution in [0.2, 0.25) is 0 Å². The Bertz CT molecular complexity index is 1360. The molecular weight excluding hydrogens is 415 g/mol. The number of hydrogen-bond acceptors (Lipinski definition) is 4. The highest BCUT2D eigenvalue weighted by Crippen LogP contribution is 2.47. The highest BCUT2D eigenvalue weighted by Gasteiger charge is 2.42. The summed E-state index contributed by atoms with van der Waals surface area (Å²) in [4.78, 5) is 12.8. The third-order valence-corrected chi connectivity index (χ3v) is 5.64. The molecule has 1 aromatic heterocycles.